The number of hydrogen-bond donors (Lipinski definition) is 2. The van der Waals surface area contributed by atoms with Crippen molar-refractivity contribution in [2.24, 2.45) is 5.41 Å². The number of nitrogens with zero attached hydrogens (tertiary/aromatic N) is 2. The summed E-state index contributed by atoms with van der Waals surface area (Å²) in [5.41, 5.74) is 0.485. The third-order valence-corrected chi connectivity index (χ3v) is 4.10. The highest BCUT2D eigenvalue weighted by molar-refractivity contribution is 5.95. The van der Waals surface area contributed by atoms with Gasteiger partial charge in [-0.05, 0) is 25.8 Å². The van der Waals surface area contributed by atoms with E-state index in [1.807, 2.05) is 6.20 Å². The molecular weight excluding hydrogens is 268 g/mol. The second kappa shape index (κ2) is 7.56. The minimum Gasteiger partial charge on any atom is -0.383 e. The van der Waals surface area contributed by atoms with E-state index in [1.54, 1.807) is 18.0 Å². The van der Waals surface area contributed by atoms with Crippen LogP contribution in [0.15, 0.2) is 12.4 Å². The van der Waals surface area contributed by atoms with Crippen molar-refractivity contribution in [3.8, 4) is 0 Å². The number of carbonyl (C=O) groups is 1. The average molecular weight is 294 g/mol. The molecule has 2 heterocycles. The molecule has 1 fully saturated rings. The molecular formula is C15H26N4O2. The van der Waals surface area contributed by atoms with Gasteiger partial charge in [0.2, 0.25) is 5.91 Å². The van der Waals surface area contributed by atoms with Gasteiger partial charge in [0.15, 0.2) is 0 Å². The molecule has 2 rings (SSSR count). The van der Waals surface area contributed by atoms with Crippen molar-refractivity contribution in [3.05, 3.63) is 12.4 Å². The van der Waals surface area contributed by atoms with E-state index >= 15 is 0 Å². The predicted octanol–water partition coefficient (Wildman–Crippen LogP) is 1.64. The maximum atomic E-state index is 12.7. The Labute approximate surface area is 126 Å². The molecule has 0 aromatic carbocycles. The Kier molecular flexibility index (Phi) is 5.76. The zero-order valence-electron chi connectivity index (χ0n) is 13.0. The molecule has 6 heteroatoms. The van der Waals surface area contributed by atoms with Crippen LogP contribution < -0.4 is 10.6 Å². The van der Waals surface area contributed by atoms with E-state index < -0.39 is 0 Å². The van der Waals surface area contributed by atoms with E-state index in [1.165, 1.54) is 0 Å². The first-order valence-corrected chi connectivity index (χ1v) is 7.74. The quantitative estimate of drug-likeness (QED) is 0.802. The van der Waals surface area contributed by atoms with Gasteiger partial charge in [0.1, 0.15) is 0 Å². The van der Waals surface area contributed by atoms with Crippen LogP contribution in [0.1, 0.15) is 32.6 Å². The Hall–Kier alpha value is -1.40. The largest absolute Gasteiger partial charge is 0.383 e. The van der Waals surface area contributed by atoms with Gasteiger partial charge in [0.25, 0.3) is 0 Å². The Balaban J connectivity index is 1.99. The van der Waals surface area contributed by atoms with E-state index in [9.17, 15) is 4.79 Å². The Morgan fingerprint density at radius 1 is 1.62 bits per heavy atom. The molecule has 0 spiro atoms. The lowest BCUT2D eigenvalue weighted by atomic mass is 9.76. The first-order chi connectivity index (χ1) is 10.2. The molecule has 1 aliphatic heterocycles. The van der Waals surface area contributed by atoms with Gasteiger partial charge in [0.05, 0.1) is 30.5 Å². The minimum absolute atomic E-state index is 0.114. The van der Waals surface area contributed by atoms with Crippen LogP contribution >= 0.6 is 0 Å². The lowest BCUT2D eigenvalue weighted by Crippen LogP contribution is -2.48. The molecule has 21 heavy (non-hydrogen) atoms. The summed E-state index contributed by atoms with van der Waals surface area (Å²) in [6.07, 6.45) is 7.50. The van der Waals surface area contributed by atoms with Gasteiger partial charge >= 0.3 is 0 Å². The summed E-state index contributed by atoms with van der Waals surface area (Å²) in [6, 6.07) is 0. The molecule has 0 bridgehead atoms. The minimum atomic E-state index is -0.276. The summed E-state index contributed by atoms with van der Waals surface area (Å²) in [7, 11) is 1.66. The standard InChI is InChI=1S/C15H26N4O2/c1-3-5-15(6-4-7-16-12-15)14(20)18-13-10-17-19(11-13)8-9-21-2/h10-11,16H,3-9,12H2,1-2H3,(H,18,20). The predicted molar refractivity (Wildman–Crippen MR) is 82.2 cm³/mol. The smallest absolute Gasteiger partial charge is 0.231 e. The Bertz CT molecular complexity index is 447. The maximum Gasteiger partial charge on any atom is 0.231 e. The molecule has 0 saturated carbocycles. The molecule has 6 nitrogen and oxygen atoms in total. The van der Waals surface area contributed by atoms with Crippen molar-refractivity contribution in [1.82, 2.24) is 15.1 Å². The molecule has 1 aromatic heterocycles. The van der Waals surface area contributed by atoms with Crippen LogP contribution in [0.25, 0.3) is 0 Å². The van der Waals surface area contributed by atoms with E-state index in [2.05, 4.69) is 22.7 Å². The molecule has 118 valence electrons. The van der Waals surface area contributed by atoms with Gasteiger partial charge in [-0.1, -0.05) is 13.3 Å². The Morgan fingerprint density at radius 3 is 3.14 bits per heavy atom. The van der Waals surface area contributed by atoms with Gasteiger partial charge in [-0.15, -0.1) is 0 Å². The SMILES string of the molecule is CCCC1(C(=O)Nc2cnn(CCOC)c2)CCCNC1. The van der Waals surface area contributed by atoms with Crippen LogP contribution in [-0.4, -0.2) is 42.5 Å². The molecule has 0 radical (unpaired) electrons. The van der Waals surface area contributed by atoms with Crippen LogP contribution in [0, 0.1) is 5.41 Å². The number of amides is 1. The molecule has 1 aliphatic rings. The van der Waals surface area contributed by atoms with Gasteiger partial charge in [-0.2, -0.15) is 5.10 Å². The van der Waals surface area contributed by atoms with Crippen molar-refractivity contribution >= 4 is 11.6 Å². The summed E-state index contributed by atoms with van der Waals surface area (Å²) in [4.78, 5) is 12.7. The highest BCUT2D eigenvalue weighted by atomic mass is 16.5. The van der Waals surface area contributed by atoms with E-state index in [0.29, 0.717) is 13.2 Å². The summed E-state index contributed by atoms with van der Waals surface area (Å²) < 4.78 is 6.81. The van der Waals surface area contributed by atoms with E-state index in [-0.39, 0.29) is 11.3 Å². The van der Waals surface area contributed by atoms with Gasteiger partial charge in [-0.3, -0.25) is 9.48 Å². The summed E-state index contributed by atoms with van der Waals surface area (Å²) >= 11 is 0. The molecule has 2 N–H and O–H groups in total. The number of hydrogen-bond acceptors (Lipinski definition) is 4. The molecule has 1 amide bonds. The molecule has 1 aromatic rings. The number of ether oxygens (including phenoxy) is 1. The maximum absolute atomic E-state index is 12.7. The van der Waals surface area contributed by atoms with Crippen LogP contribution in [0.3, 0.4) is 0 Å². The zero-order valence-corrected chi connectivity index (χ0v) is 13.0. The molecule has 1 atom stereocenters. The first kappa shape index (κ1) is 16.0. The van der Waals surface area contributed by atoms with E-state index in [0.717, 1.165) is 44.5 Å². The van der Waals surface area contributed by atoms with Crippen molar-refractivity contribution in [3.63, 3.8) is 0 Å². The second-order valence-electron chi connectivity index (χ2n) is 5.75. The lowest BCUT2D eigenvalue weighted by molar-refractivity contribution is -0.127. The first-order valence-electron chi connectivity index (χ1n) is 7.74. The molecule has 1 saturated heterocycles. The lowest BCUT2D eigenvalue weighted by Gasteiger charge is -2.36. The van der Waals surface area contributed by atoms with Crippen molar-refractivity contribution in [2.45, 2.75) is 39.2 Å². The monoisotopic (exact) mass is 294 g/mol. The number of aromatic nitrogens is 2. The van der Waals surface area contributed by atoms with Crippen LogP contribution in [-0.2, 0) is 16.1 Å². The highest BCUT2D eigenvalue weighted by Crippen LogP contribution is 2.33. The fraction of sp³-hybridized carbons (Fsp3) is 0.733. The number of carbonyl (C=O) groups excluding carboxylic acids is 1. The van der Waals surface area contributed by atoms with E-state index in [4.69, 9.17) is 4.74 Å². The number of rotatable bonds is 7. The number of piperidine rings is 1. The van der Waals surface area contributed by atoms with Crippen LogP contribution in [0.5, 0.6) is 0 Å². The normalized spacial score (nSPS) is 22.2. The second-order valence-corrected chi connectivity index (χ2v) is 5.75. The third kappa shape index (κ3) is 4.04. The van der Waals surface area contributed by atoms with Crippen LogP contribution in [0.2, 0.25) is 0 Å². The fourth-order valence-corrected chi connectivity index (χ4v) is 2.97. The average Bonchev–Trinajstić information content (AvgIpc) is 2.94. The number of nitrogens with one attached hydrogen (secondary N) is 2. The number of anilines is 1. The van der Waals surface area contributed by atoms with Crippen molar-refractivity contribution in [2.75, 3.05) is 32.1 Å². The Morgan fingerprint density at radius 2 is 2.48 bits per heavy atom. The summed E-state index contributed by atoms with van der Waals surface area (Å²) in [6.45, 7) is 5.21. The summed E-state index contributed by atoms with van der Waals surface area (Å²) in [5.74, 6) is 0.114. The van der Waals surface area contributed by atoms with Crippen LogP contribution in [0.4, 0.5) is 5.69 Å². The zero-order chi connectivity index (χ0) is 15.1. The fourth-order valence-electron chi connectivity index (χ4n) is 2.97. The van der Waals surface area contributed by atoms with Gasteiger partial charge in [-0.25, -0.2) is 0 Å². The highest BCUT2D eigenvalue weighted by Gasteiger charge is 2.38. The van der Waals surface area contributed by atoms with Gasteiger partial charge in [0, 0.05) is 19.9 Å². The third-order valence-electron chi connectivity index (χ3n) is 4.10. The molecule has 0 aliphatic carbocycles. The topological polar surface area (TPSA) is 68.2 Å². The van der Waals surface area contributed by atoms with Crippen molar-refractivity contribution in [1.29, 1.82) is 0 Å². The molecule has 1 unspecified atom stereocenters. The van der Waals surface area contributed by atoms with Gasteiger partial charge < -0.3 is 15.4 Å². The number of methoxy groups -OCH3 is 1. The van der Waals surface area contributed by atoms with Crippen molar-refractivity contribution < 1.29 is 9.53 Å². The summed E-state index contributed by atoms with van der Waals surface area (Å²) in [5, 5.41) is 10.6.